The van der Waals surface area contributed by atoms with Crippen molar-refractivity contribution in [3.8, 4) is 0 Å². The minimum atomic E-state index is -4.50. The molecule has 0 unspecified atom stereocenters. The van der Waals surface area contributed by atoms with Gasteiger partial charge >= 0.3 is 17.8 Å². The lowest BCUT2D eigenvalue weighted by Crippen LogP contribution is -2.60. The van der Waals surface area contributed by atoms with E-state index in [-0.39, 0.29) is 29.5 Å². The summed E-state index contributed by atoms with van der Waals surface area (Å²) in [6, 6.07) is -1.09. The molecule has 18 heteroatoms. The summed E-state index contributed by atoms with van der Waals surface area (Å²) < 4.78 is 59.6. The van der Waals surface area contributed by atoms with Crippen molar-refractivity contribution in [3.05, 3.63) is 43.7 Å². The highest BCUT2D eigenvalue weighted by molar-refractivity contribution is 7.90. The quantitative estimate of drug-likeness (QED) is 0.296. The number of carbonyl (C=O) groups excluding carboxylic acids is 2. The average molecular weight is 719 g/mol. The van der Waals surface area contributed by atoms with Crippen LogP contribution in [0.1, 0.15) is 60.3 Å². The molecule has 2 N–H and O–H groups in total. The lowest BCUT2D eigenvalue weighted by Gasteiger charge is -2.44. The highest BCUT2D eigenvalue weighted by Gasteiger charge is 2.68. The van der Waals surface area contributed by atoms with Gasteiger partial charge in [-0.2, -0.15) is 8.42 Å². The van der Waals surface area contributed by atoms with Crippen molar-refractivity contribution in [2.24, 2.45) is 7.05 Å². The van der Waals surface area contributed by atoms with Crippen LogP contribution in [0.4, 0.5) is 9.59 Å². The second-order valence-corrected chi connectivity index (χ2v) is 25.9. The molecule has 0 aliphatic carbocycles. The first kappa shape index (κ1) is 38.8. The van der Waals surface area contributed by atoms with E-state index in [9.17, 15) is 27.6 Å². The van der Waals surface area contributed by atoms with E-state index in [0.29, 0.717) is 0 Å². The molecule has 0 bridgehead atoms. The standard InChI is InChI=1S/C29H50N4O11SSi2/c1-14-40-25(36)31-24(35)30-19-17-45(38,39)44-29(19)20(16-41-46(10,11)27(3,4)5)42-23(21(29)43-47(12,13)28(6,7)8)33-15-18(2)22(34)32(9)26(33)37/h15,17,20-21,23H,14,16H2,1-13H3,(H2,30,31,35,36)/t20-,21+,23-,29-/m1/s1. The molecule has 15 nitrogen and oxygen atoms in total. The molecule has 1 saturated heterocycles. The monoisotopic (exact) mass is 718 g/mol. The van der Waals surface area contributed by atoms with Gasteiger partial charge < -0.3 is 23.6 Å². The normalized spacial score (nSPS) is 24.7. The van der Waals surface area contributed by atoms with Crippen LogP contribution >= 0.6 is 0 Å². The molecule has 0 radical (unpaired) electrons. The number of hydrogen-bond donors (Lipinski definition) is 2. The molecule has 1 aromatic heterocycles. The van der Waals surface area contributed by atoms with Crippen LogP contribution < -0.4 is 21.9 Å². The number of rotatable bonds is 8. The maximum atomic E-state index is 13.6. The maximum Gasteiger partial charge on any atom is 0.415 e. The fourth-order valence-electron chi connectivity index (χ4n) is 4.74. The molecule has 1 spiro atoms. The van der Waals surface area contributed by atoms with Crippen LogP contribution in [-0.2, 0) is 39.7 Å². The van der Waals surface area contributed by atoms with Gasteiger partial charge in [0, 0.05) is 18.8 Å². The smallest absolute Gasteiger partial charge is 0.415 e. The van der Waals surface area contributed by atoms with E-state index < -0.39 is 79.2 Å². The Morgan fingerprint density at radius 2 is 1.62 bits per heavy atom. The van der Waals surface area contributed by atoms with Crippen LogP contribution in [-0.4, -0.2) is 77.3 Å². The van der Waals surface area contributed by atoms with Crippen molar-refractivity contribution in [2.45, 2.75) is 116 Å². The molecular weight excluding hydrogens is 669 g/mol. The number of alkyl carbamates (subject to hydrolysis) is 1. The van der Waals surface area contributed by atoms with E-state index in [1.807, 2.05) is 73.0 Å². The number of nitrogens with zero attached hydrogens (tertiary/aromatic N) is 2. The van der Waals surface area contributed by atoms with Crippen molar-refractivity contribution >= 4 is 38.9 Å². The van der Waals surface area contributed by atoms with Crippen LogP contribution in [0.15, 0.2) is 26.9 Å². The third-order valence-electron chi connectivity index (χ3n) is 9.53. The van der Waals surface area contributed by atoms with E-state index in [1.165, 1.54) is 24.7 Å². The lowest BCUT2D eigenvalue weighted by molar-refractivity contribution is -0.0571. The Morgan fingerprint density at radius 3 is 2.15 bits per heavy atom. The molecule has 1 fully saturated rings. The summed E-state index contributed by atoms with van der Waals surface area (Å²) >= 11 is 0. The van der Waals surface area contributed by atoms with Crippen molar-refractivity contribution in [1.82, 2.24) is 19.8 Å². The van der Waals surface area contributed by atoms with E-state index in [0.717, 1.165) is 9.98 Å². The fraction of sp³-hybridized carbons (Fsp3) is 0.724. The molecule has 2 aliphatic heterocycles. The molecule has 0 aromatic carbocycles. The van der Waals surface area contributed by atoms with Gasteiger partial charge in [0.15, 0.2) is 28.5 Å². The van der Waals surface area contributed by atoms with Gasteiger partial charge in [0.1, 0.15) is 12.2 Å². The SMILES string of the molecule is CCOC(=O)NC(=O)NC1=CS(=O)(=O)O[C@@]12[C@@H](CO[Si](C)(C)C(C)(C)C)O[C@@H](n1cc(C)c(=O)n(C)c1=O)[C@@H]2O[Si](C)(C)C(C)(C)C. The molecule has 47 heavy (non-hydrogen) atoms. The first-order valence-electron chi connectivity index (χ1n) is 15.4. The van der Waals surface area contributed by atoms with E-state index in [1.54, 1.807) is 6.92 Å². The highest BCUT2D eigenvalue weighted by atomic mass is 32.2. The van der Waals surface area contributed by atoms with Crippen LogP contribution in [0, 0.1) is 6.92 Å². The molecule has 4 atom stereocenters. The summed E-state index contributed by atoms with van der Waals surface area (Å²) in [4.78, 5) is 51.5. The summed E-state index contributed by atoms with van der Waals surface area (Å²) in [5, 5.41) is 4.53. The zero-order chi connectivity index (χ0) is 36.1. The summed E-state index contributed by atoms with van der Waals surface area (Å²) in [5.41, 5.74) is -3.43. The number of imide groups is 1. The topological polar surface area (TPSA) is 182 Å². The number of ether oxygens (including phenoxy) is 2. The Bertz CT molecular complexity index is 1660. The van der Waals surface area contributed by atoms with Crippen LogP contribution in [0.25, 0.3) is 0 Å². The van der Waals surface area contributed by atoms with Gasteiger partial charge in [-0.3, -0.25) is 13.9 Å². The third-order valence-corrected chi connectivity index (χ3v) is 19.5. The largest absolute Gasteiger partial charge is 0.450 e. The summed E-state index contributed by atoms with van der Waals surface area (Å²) in [6.45, 7) is 22.8. The number of urea groups is 1. The minimum Gasteiger partial charge on any atom is -0.450 e. The van der Waals surface area contributed by atoms with Gasteiger partial charge in [0.2, 0.25) is 0 Å². The molecule has 3 rings (SSSR count). The van der Waals surface area contributed by atoms with Gasteiger partial charge in [-0.05, 0) is 50.1 Å². The average Bonchev–Trinajstić information content (AvgIpc) is 3.34. The van der Waals surface area contributed by atoms with Crippen molar-refractivity contribution in [1.29, 1.82) is 0 Å². The zero-order valence-electron chi connectivity index (χ0n) is 29.6. The summed E-state index contributed by atoms with van der Waals surface area (Å²) in [5.74, 6) is 0. The molecule has 0 saturated carbocycles. The van der Waals surface area contributed by atoms with Gasteiger partial charge in [-0.25, -0.2) is 23.9 Å². The number of nitrogens with one attached hydrogen (secondary N) is 2. The van der Waals surface area contributed by atoms with E-state index in [2.05, 4.69) is 5.32 Å². The van der Waals surface area contributed by atoms with Gasteiger partial charge in [0.05, 0.1) is 24.3 Å². The molecule has 266 valence electrons. The van der Waals surface area contributed by atoms with Crippen molar-refractivity contribution in [3.63, 3.8) is 0 Å². The van der Waals surface area contributed by atoms with Crippen molar-refractivity contribution < 1.29 is 40.5 Å². The number of aryl methyl sites for hydroxylation is 1. The highest BCUT2D eigenvalue weighted by Crippen LogP contribution is 2.52. The summed E-state index contributed by atoms with van der Waals surface area (Å²) in [7, 11) is -8.55. The van der Waals surface area contributed by atoms with Crippen LogP contribution in [0.3, 0.4) is 0 Å². The number of hydrogen-bond acceptors (Lipinski definition) is 11. The zero-order valence-corrected chi connectivity index (χ0v) is 32.4. The Kier molecular flexibility index (Phi) is 10.8. The first-order chi connectivity index (χ1) is 21.2. The van der Waals surface area contributed by atoms with Gasteiger partial charge in [0.25, 0.3) is 15.7 Å². The Hall–Kier alpha value is -2.62. The molecule has 2 aliphatic rings. The predicted octanol–water partition coefficient (Wildman–Crippen LogP) is 3.56. The third kappa shape index (κ3) is 7.68. The number of amides is 3. The molecule has 3 heterocycles. The van der Waals surface area contributed by atoms with E-state index in [4.69, 9.17) is 22.5 Å². The van der Waals surface area contributed by atoms with Crippen molar-refractivity contribution in [2.75, 3.05) is 13.2 Å². The summed E-state index contributed by atoms with van der Waals surface area (Å²) in [6.07, 6.45) is -3.72. The Morgan fingerprint density at radius 1 is 1.04 bits per heavy atom. The number of aromatic nitrogens is 2. The van der Waals surface area contributed by atoms with E-state index >= 15 is 0 Å². The molecule has 3 amide bonds. The Balaban J connectivity index is 2.34. The van der Waals surface area contributed by atoms with Gasteiger partial charge in [-0.1, -0.05) is 41.5 Å². The Labute approximate surface area is 278 Å². The minimum absolute atomic E-state index is 0.0121. The molecule has 1 aromatic rings. The van der Waals surface area contributed by atoms with Gasteiger partial charge in [-0.15, -0.1) is 0 Å². The lowest BCUT2D eigenvalue weighted by atomic mass is 9.89. The number of carbonyl (C=O) groups is 2. The second kappa shape index (κ2) is 13.0. The maximum absolute atomic E-state index is 13.6. The first-order valence-corrected chi connectivity index (χ1v) is 22.7. The predicted molar refractivity (Wildman–Crippen MR) is 179 cm³/mol. The van der Waals surface area contributed by atoms with Crippen LogP contribution in [0.5, 0.6) is 0 Å². The molecular formula is C29H50N4O11SSi2. The second-order valence-electron chi connectivity index (χ2n) is 15.0. The fourth-order valence-corrected chi connectivity index (χ4v) is 8.28. The van der Waals surface area contributed by atoms with Crippen LogP contribution in [0.2, 0.25) is 36.3 Å².